The van der Waals surface area contributed by atoms with E-state index in [9.17, 15) is 0 Å². The molecule has 0 unspecified atom stereocenters. The molecule has 0 spiro atoms. The van der Waals surface area contributed by atoms with E-state index in [4.69, 9.17) is 0 Å². The minimum atomic E-state index is 0.455. The Labute approximate surface area is 92.9 Å². The van der Waals surface area contributed by atoms with Gasteiger partial charge >= 0.3 is 0 Å². The molecule has 0 aliphatic carbocycles. The van der Waals surface area contributed by atoms with Crippen molar-refractivity contribution in [1.82, 2.24) is 4.90 Å². The van der Waals surface area contributed by atoms with Crippen LogP contribution in [0.2, 0.25) is 0 Å². The van der Waals surface area contributed by atoms with Crippen molar-refractivity contribution in [2.45, 2.75) is 33.2 Å². The summed E-state index contributed by atoms with van der Waals surface area (Å²) in [6.07, 6.45) is 3.31. The third-order valence-electron chi connectivity index (χ3n) is 2.65. The van der Waals surface area contributed by atoms with Crippen LogP contribution in [-0.4, -0.2) is 35.5 Å². The predicted octanol–water partition coefficient (Wildman–Crippen LogP) is 3.03. The van der Waals surface area contributed by atoms with Crippen molar-refractivity contribution < 1.29 is 0 Å². The number of nitrogens with zero attached hydrogens (tertiary/aromatic N) is 1. The van der Waals surface area contributed by atoms with Crippen LogP contribution in [-0.2, 0) is 0 Å². The van der Waals surface area contributed by atoms with E-state index >= 15 is 0 Å². The Bertz CT molecular complexity index is 179. The van der Waals surface area contributed by atoms with Gasteiger partial charge in [0, 0.05) is 24.1 Å². The standard InChI is InChI=1S/C12H23NS/c1-5-7-13(11-9-14-10-11)8-6-12(2,3)4/h5,11H,1,6-10H2,2-4H3. The number of thioether (sulfide) groups is 1. The van der Waals surface area contributed by atoms with Crippen molar-refractivity contribution in [3.05, 3.63) is 12.7 Å². The molecule has 1 aliphatic rings. The molecule has 1 heterocycles. The quantitative estimate of drug-likeness (QED) is 0.646. The summed E-state index contributed by atoms with van der Waals surface area (Å²) in [5.41, 5.74) is 0.455. The van der Waals surface area contributed by atoms with Gasteiger partial charge in [0.25, 0.3) is 0 Å². The first-order chi connectivity index (χ1) is 6.53. The van der Waals surface area contributed by atoms with Crippen LogP contribution in [0.25, 0.3) is 0 Å². The van der Waals surface area contributed by atoms with E-state index < -0.39 is 0 Å². The SMILES string of the molecule is C=CCN(CCC(C)(C)C)C1CSC1. The molecule has 0 aromatic heterocycles. The fourth-order valence-electron chi connectivity index (χ4n) is 1.50. The van der Waals surface area contributed by atoms with Crippen LogP contribution in [0.5, 0.6) is 0 Å². The summed E-state index contributed by atoms with van der Waals surface area (Å²) in [6, 6.07) is 0.820. The maximum absolute atomic E-state index is 3.84. The Balaban J connectivity index is 2.31. The molecule has 0 saturated carbocycles. The normalized spacial score (nSPS) is 18.3. The average Bonchev–Trinajstić information content (AvgIpc) is 1.95. The van der Waals surface area contributed by atoms with E-state index in [0.29, 0.717) is 5.41 Å². The van der Waals surface area contributed by atoms with Crippen LogP contribution in [0.1, 0.15) is 27.2 Å². The molecular weight excluding hydrogens is 190 g/mol. The van der Waals surface area contributed by atoms with Crippen molar-refractivity contribution in [2.24, 2.45) is 5.41 Å². The van der Waals surface area contributed by atoms with Crippen molar-refractivity contribution in [3.8, 4) is 0 Å². The van der Waals surface area contributed by atoms with Gasteiger partial charge in [0.05, 0.1) is 0 Å². The third kappa shape index (κ3) is 4.05. The zero-order valence-corrected chi connectivity index (χ0v) is 10.6. The predicted molar refractivity (Wildman–Crippen MR) is 67.0 cm³/mol. The largest absolute Gasteiger partial charge is 0.295 e. The topological polar surface area (TPSA) is 3.24 Å². The van der Waals surface area contributed by atoms with E-state index in [-0.39, 0.29) is 0 Å². The lowest BCUT2D eigenvalue weighted by molar-refractivity contribution is 0.206. The molecule has 1 fully saturated rings. The van der Waals surface area contributed by atoms with Crippen molar-refractivity contribution in [3.63, 3.8) is 0 Å². The molecule has 0 atom stereocenters. The van der Waals surface area contributed by atoms with Gasteiger partial charge in [-0.1, -0.05) is 26.8 Å². The van der Waals surface area contributed by atoms with Crippen LogP contribution in [0, 0.1) is 5.41 Å². The van der Waals surface area contributed by atoms with Crippen molar-refractivity contribution in [2.75, 3.05) is 24.6 Å². The van der Waals surface area contributed by atoms with Crippen LogP contribution in [0.15, 0.2) is 12.7 Å². The minimum Gasteiger partial charge on any atom is -0.295 e. The van der Waals surface area contributed by atoms with Gasteiger partial charge in [-0.05, 0) is 18.4 Å². The summed E-state index contributed by atoms with van der Waals surface area (Å²) in [5.74, 6) is 2.63. The second kappa shape index (κ2) is 5.22. The van der Waals surface area contributed by atoms with Gasteiger partial charge in [-0.25, -0.2) is 0 Å². The maximum Gasteiger partial charge on any atom is 0.0280 e. The number of hydrogen-bond acceptors (Lipinski definition) is 2. The van der Waals surface area contributed by atoms with Crippen LogP contribution < -0.4 is 0 Å². The second-order valence-electron chi connectivity index (χ2n) is 5.29. The molecular formula is C12H23NS. The van der Waals surface area contributed by atoms with Crippen LogP contribution >= 0.6 is 11.8 Å². The lowest BCUT2D eigenvalue weighted by Gasteiger charge is -2.37. The zero-order valence-electron chi connectivity index (χ0n) is 9.75. The molecule has 1 aliphatic heterocycles. The smallest absolute Gasteiger partial charge is 0.0280 e. The lowest BCUT2D eigenvalue weighted by Crippen LogP contribution is -2.45. The highest BCUT2D eigenvalue weighted by atomic mass is 32.2. The first-order valence-electron chi connectivity index (χ1n) is 5.45. The minimum absolute atomic E-state index is 0.455. The van der Waals surface area contributed by atoms with E-state index in [0.717, 1.165) is 12.6 Å². The zero-order chi connectivity index (χ0) is 10.6. The number of rotatable bonds is 5. The highest BCUT2D eigenvalue weighted by Gasteiger charge is 2.25. The van der Waals surface area contributed by atoms with E-state index in [1.54, 1.807) is 0 Å². The van der Waals surface area contributed by atoms with Crippen LogP contribution in [0.4, 0.5) is 0 Å². The molecule has 0 aromatic rings. The van der Waals surface area contributed by atoms with Crippen molar-refractivity contribution in [1.29, 1.82) is 0 Å². The molecule has 0 aromatic carbocycles. The maximum atomic E-state index is 3.84. The lowest BCUT2D eigenvalue weighted by atomic mass is 9.92. The van der Waals surface area contributed by atoms with Gasteiger partial charge in [-0.2, -0.15) is 11.8 Å². The molecule has 0 bridgehead atoms. The highest BCUT2D eigenvalue weighted by Crippen LogP contribution is 2.25. The fourth-order valence-corrected chi connectivity index (χ4v) is 2.37. The Morgan fingerprint density at radius 2 is 2.07 bits per heavy atom. The molecule has 14 heavy (non-hydrogen) atoms. The van der Waals surface area contributed by atoms with Gasteiger partial charge in [0.2, 0.25) is 0 Å². The molecule has 1 saturated heterocycles. The summed E-state index contributed by atoms with van der Waals surface area (Å²) in [5, 5.41) is 0. The van der Waals surface area contributed by atoms with Gasteiger partial charge in [0.15, 0.2) is 0 Å². The summed E-state index contributed by atoms with van der Waals surface area (Å²) < 4.78 is 0. The molecule has 1 nitrogen and oxygen atoms in total. The Morgan fingerprint density at radius 3 is 2.43 bits per heavy atom. The molecule has 2 heteroatoms. The van der Waals surface area contributed by atoms with E-state index in [2.05, 4.69) is 44.0 Å². The van der Waals surface area contributed by atoms with Gasteiger partial charge in [-0.3, -0.25) is 4.90 Å². The van der Waals surface area contributed by atoms with E-state index in [1.165, 1.54) is 24.5 Å². The monoisotopic (exact) mass is 213 g/mol. The second-order valence-corrected chi connectivity index (χ2v) is 6.36. The summed E-state index contributed by atoms with van der Waals surface area (Å²) >= 11 is 2.06. The van der Waals surface area contributed by atoms with Crippen molar-refractivity contribution >= 4 is 11.8 Å². The molecule has 0 amide bonds. The van der Waals surface area contributed by atoms with Gasteiger partial charge in [0.1, 0.15) is 0 Å². The fraction of sp³-hybridized carbons (Fsp3) is 0.833. The third-order valence-corrected chi connectivity index (χ3v) is 3.89. The molecule has 0 N–H and O–H groups in total. The van der Waals surface area contributed by atoms with Gasteiger partial charge < -0.3 is 0 Å². The average molecular weight is 213 g/mol. The molecule has 1 rings (SSSR count). The Morgan fingerprint density at radius 1 is 1.43 bits per heavy atom. The number of hydrogen-bond donors (Lipinski definition) is 0. The summed E-state index contributed by atoms with van der Waals surface area (Å²) in [7, 11) is 0. The summed E-state index contributed by atoms with van der Waals surface area (Å²) in [4.78, 5) is 2.58. The van der Waals surface area contributed by atoms with Crippen LogP contribution in [0.3, 0.4) is 0 Å². The Kier molecular flexibility index (Phi) is 4.52. The molecule has 0 radical (unpaired) electrons. The van der Waals surface area contributed by atoms with Gasteiger partial charge in [-0.15, -0.1) is 6.58 Å². The molecule has 82 valence electrons. The summed E-state index contributed by atoms with van der Waals surface area (Å²) in [6.45, 7) is 13.1. The first-order valence-corrected chi connectivity index (χ1v) is 6.61. The van der Waals surface area contributed by atoms with E-state index in [1.807, 2.05) is 6.08 Å². The highest BCUT2D eigenvalue weighted by molar-refractivity contribution is 8.00. The Hall–Kier alpha value is 0.0500. The first kappa shape index (κ1) is 12.1.